The Morgan fingerprint density at radius 1 is 0.958 bits per heavy atom. The summed E-state index contributed by atoms with van der Waals surface area (Å²) in [5.74, 6) is 2.49. The van der Waals surface area contributed by atoms with Crippen LogP contribution in [0.5, 0.6) is 17.2 Å². The van der Waals surface area contributed by atoms with E-state index in [0.29, 0.717) is 6.42 Å². The topological polar surface area (TPSA) is 47.6 Å². The number of ketones is 1. The first-order valence-corrected chi connectivity index (χ1v) is 8.15. The molecule has 0 saturated heterocycles. The summed E-state index contributed by atoms with van der Waals surface area (Å²) >= 11 is 0. The molecule has 1 aliphatic carbocycles. The van der Waals surface area contributed by atoms with Crippen LogP contribution < -0.4 is 14.8 Å². The highest BCUT2D eigenvalue weighted by molar-refractivity contribution is 5.96. The number of rotatable bonds is 5. The summed E-state index contributed by atoms with van der Waals surface area (Å²) in [6.07, 6.45) is 5.46. The van der Waals surface area contributed by atoms with Gasteiger partial charge in [0.15, 0.2) is 5.78 Å². The second-order valence-electron chi connectivity index (χ2n) is 5.75. The third-order valence-corrected chi connectivity index (χ3v) is 4.00. The van der Waals surface area contributed by atoms with Crippen LogP contribution in [0.4, 0.5) is 5.69 Å². The number of ether oxygens (including phenoxy) is 2. The molecule has 124 valence electrons. The Balaban J connectivity index is 1.62. The number of hydrogen-bond acceptors (Lipinski definition) is 4. The third kappa shape index (κ3) is 4.16. The molecule has 0 atom stereocenters. The molecular formula is C20H21NO3. The molecule has 0 aliphatic heterocycles. The monoisotopic (exact) mass is 323 g/mol. The van der Waals surface area contributed by atoms with Crippen LogP contribution >= 0.6 is 0 Å². The van der Waals surface area contributed by atoms with Gasteiger partial charge in [-0.1, -0.05) is 6.07 Å². The molecule has 1 N–H and O–H groups in total. The quantitative estimate of drug-likeness (QED) is 0.793. The van der Waals surface area contributed by atoms with Crippen LogP contribution in [0.2, 0.25) is 0 Å². The largest absolute Gasteiger partial charge is 0.497 e. The summed E-state index contributed by atoms with van der Waals surface area (Å²) in [4.78, 5) is 11.8. The van der Waals surface area contributed by atoms with E-state index in [9.17, 15) is 4.79 Å². The zero-order chi connectivity index (χ0) is 16.8. The molecule has 0 bridgehead atoms. The average Bonchev–Trinajstić information content (AvgIpc) is 2.62. The molecule has 24 heavy (non-hydrogen) atoms. The minimum atomic E-state index is 0.256. The van der Waals surface area contributed by atoms with Crippen molar-refractivity contribution in [1.29, 1.82) is 0 Å². The molecule has 0 heterocycles. The van der Waals surface area contributed by atoms with Crippen molar-refractivity contribution in [3.8, 4) is 17.2 Å². The summed E-state index contributed by atoms with van der Waals surface area (Å²) in [6.45, 7) is 0. The summed E-state index contributed by atoms with van der Waals surface area (Å²) in [6, 6.07) is 15.1. The van der Waals surface area contributed by atoms with Crippen molar-refractivity contribution in [2.75, 3.05) is 12.4 Å². The molecule has 0 unspecified atom stereocenters. The van der Waals surface area contributed by atoms with Gasteiger partial charge in [0.1, 0.15) is 17.2 Å². The summed E-state index contributed by atoms with van der Waals surface area (Å²) in [5, 5.41) is 3.20. The summed E-state index contributed by atoms with van der Waals surface area (Å²) < 4.78 is 11.0. The highest BCUT2D eigenvalue weighted by Crippen LogP contribution is 2.26. The highest BCUT2D eigenvalue weighted by Gasteiger charge is 2.14. The third-order valence-electron chi connectivity index (χ3n) is 4.00. The van der Waals surface area contributed by atoms with Gasteiger partial charge < -0.3 is 14.8 Å². The average molecular weight is 323 g/mol. The Bertz CT molecular complexity index is 735. The van der Waals surface area contributed by atoms with Crippen molar-refractivity contribution in [1.82, 2.24) is 0 Å². The Labute approximate surface area is 142 Å². The lowest BCUT2D eigenvalue weighted by Crippen LogP contribution is -2.09. The van der Waals surface area contributed by atoms with Crippen molar-refractivity contribution in [2.24, 2.45) is 0 Å². The van der Waals surface area contributed by atoms with E-state index in [1.165, 1.54) is 0 Å². The second kappa shape index (κ2) is 7.68. The van der Waals surface area contributed by atoms with Crippen LogP contribution in [0.15, 0.2) is 60.3 Å². The molecule has 0 aromatic heterocycles. The van der Waals surface area contributed by atoms with E-state index < -0.39 is 0 Å². The van der Waals surface area contributed by atoms with Crippen LogP contribution in [0.3, 0.4) is 0 Å². The molecular weight excluding hydrogens is 302 g/mol. The fourth-order valence-corrected chi connectivity index (χ4v) is 2.64. The van der Waals surface area contributed by atoms with Crippen LogP contribution in [-0.4, -0.2) is 12.9 Å². The van der Waals surface area contributed by atoms with Gasteiger partial charge in [-0.25, -0.2) is 0 Å². The number of Topliss-reactive ketones (excluding diaryl/α,β-unsaturated/α-hetero) is 1. The van der Waals surface area contributed by atoms with Gasteiger partial charge in [0.05, 0.1) is 7.11 Å². The van der Waals surface area contributed by atoms with E-state index >= 15 is 0 Å². The number of carbonyl (C=O) groups is 1. The summed E-state index contributed by atoms with van der Waals surface area (Å²) in [7, 11) is 1.63. The molecule has 4 nitrogen and oxygen atoms in total. The first kappa shape index (κ1) is 16.1. The first-order chi connectivity index (χ1) is 11.7. The van der Waals surface area contributed by atoms with Gasteiger partial charge in [0, 0.05) is 29.9 Å². The lowest BCUT2D eigenvalue weighted by atomic mass is 9.94. The molecule has 0 radical (unpaired) electrons. The molecule has 1 fully saturated rings. The maximum absolute atomic E-state index is 11.8. The van der Waals surface area contributed by atoms with Crippen LogP contribution in [0, 0.1) is 0 Å². The van der Waals surface area contributed by atoms with Gasteiger partial charge >= 0.3 is 0 Å². The number of carbonyl (C=O) groups excluding carboxylic acids is 1. The predicted molar refractivity (Wildman–Crippen MR) is 94.7 cm³/mol. The first-order valence-electron chi connectivity index (χ1n) is 8.15. The Hall–Kier alpha value is -2.75. The van der Waals surface area contributed by atoms with E-state index in [2.05, 4.69) is 5.32 Å². The molecule has 2 aromatic rings. The Morgan fingerprint density at radius 2 is 1.71 bits per heavy atom. The van der Waals surface area contributed by atoms with Gasteiger partial charge in [-0.2, -0.15) is 0 Å². The fraction of sp³-hybridized carbons (Fsp3) is 0.250. The zero-order valence-electron chi connectivity index (χ0n) is 13.7. The predicted octanol–water partition coefficient (Wildman–Crippen LogP) is 4.93. The van der Waals surface area contributed by atoms with Gasteiger partial charge in [-0.3, -0.25) is 4.79 Å². The number of allylic oxidation sites excluding steroid dienone is 1. The van der Waals surface area contributed by atoms with Crippen molar-refractivity contribution in [2.45, 2.75) is 25.7 Å². The molecule has 1 saturated carbocycles. The molecule has 1 aliphatic rings. The minimum Gasteiger partial charge on any atom is -0.497 e. The van der Waals surface area contributed by atoms with Gasteiger partial charge in [-0.15, -0.1) is 0 Å². The number of methoxy groups -OCH3 is 1. The number of nitrogens with one attached hydrogen (secondary N) is 1. The van der Waals surface area contributed by atoms with Gasteiger partial charge in [0.2, 0.25) is 0 Å². The lowest BCUT2D eigenvalue weighted by Gasteiger charge is -2.13. The number of hydrogen-bond donors (Lipinski definition) is 1. The van der Waals surface area contributed by atoms with E-state index in [1.54, 1.807) is 7.11 Å². The van der Waals surface area contributed by atoms with E-state index in [-0.39, 0.29) is 5.78 Å². The highest BCUT2D eigenvalue weighted by atomic mass is 16.5. The molecule has 0 amide bonds. The fourth-order valence-electron chi connectivity index (χ4n) is 2.64. The smallest absolute Gasteiger partial charge is 0.160 e. The van der Waals surface area contributed by atoms with Crippen LogP contribution in [-0.2, 0) is 4.79 Å². The standard InChI is InChI=1S/C20H21NO3/c1-23-18-6-4-7-19(13-18)24-17-11-9-16(10-12-17)21-14-15-5-2-3-8-20(15)22/h4,6-7,9-14,21H,2-3,5,8H2,1H3/b15-14+. The van der Waals surface area contributed by atoms with Crippen molar-refractivity contribution in [3.63, 3.8) is 0 Å². The van der Waals surface area contributed by atoms with Gasteiger partial charge in [0.25, 0.3) is 0 Å². The number of anilines is 1. The van der Waals surface area contributed by atoms with Crippen molar-refractivity contribution >= 4 is 11.5 Å². The lowest BCUT2D eigenvalue weighted by molar-refractivity contribution is -0.116. The second-order valence-corrected chi connectivity index (χ2v) is 5.75. The molecule has 4 heteroatoms. The number of benzene rings is 2. The zero-order valence-corrected chi connectivity index (χ0v) is 13.7. The van der Waals surface area contributed by atoms with Crippen molar-refractivity contribution in [3.05, 3.63) is 60.3 Å². The SMILES string of the molecule is COc1cccc(Oc2ccc(N/C=C3\CCCCC3=O)cc2)c1. The molecule has 3 rings (SSSR count). The Morgan fingerprint density at radius 3 is 2.46 bits per heavy atom. The Kier molecular flexibility index (Phi) is 5.16. The molecule has 0 spiro atoms. The summed E-state index contributed by atoms with van der Waals surface area (Å²) in [5.41, 5.74) is 1.82. The van der Waals surface area contributed by atoms with Crippen molar-refractivity contribution < 1.29 is 14.3 Å². The van der Waals surface area contributed by atoms with E-state index in [0.717, 1.165) is 47.8 Å². The normalized spacial score (nSPS) is 16.0. The van der Waals surface area contributed by atoms with E-state index in [4.69, 9.17) is 9.47 Å². The molecule has 2 aromatic carbocycles. The van der Waals surface area contributed by atoms with Crippen LogP contribution in [0.25, 0.3) is 0 Å². The van der Waals surface area contributed by atoms with E-state index in [1.807, 2.05) is 54.7 Å². The van der Waals surface area contributed by atoms with Crippen LogP contribution in [0.1, 0.15) is 25.7 Å². The maximum Gasteiger partial charge on any atom is 0.160 e. The maximum atomic E-state index is 11.8. The van der Waals surface area contributed by atoms with Gasteiger partial charge in [-0.05, 0) is 55.7 Å². The minimum absolute atomic E-state index is 0.256.